The van der Waals surface area contributed by atoms with E-state index in [9.17, 15) is 8.78 Å². The molecule has 3 nitrogen and oxygen atoms in total. The van der Waals surface area contributed by atoms with E-state index in [-0.39, 0.29) is 12.5 Å². The summed E-state index contributed by atoms with van der Waals surface area (Å²) in [6.45, 7) is -0.909. The number of halogens is 2. The third-order valence-electron chi connectivity index (χ3n) is 1.30. The van der Waals surface area contributed by atoms with Crippen molar-refractivity contribution in [2.24, 2.45) is 0 Å². The van der Waals surface area contributed by atoms with Crippen LogP contribution in [0, 0.1) is 0 Å². The lowest BCUT2D eigenvalue weighted by Gasteiger charge is -2.04. The third kappa shape index (κ3) is 3.33. The van der Waals surface area contributed by atoms with E-state index in [4.69, 9.17) is 5.11 Å². The Bertz CT molecular complexity index is 268. The minimum atomic E-state index is -2.51. The Kier molecular flexibility index (Phi) is 3.57. The average molecular weight is 189 g/mol. The van der Waals surface area contributed by atoms with Gasteiger partial charge in [0, 0.05) is 6.07 Å². The molecule has 1 heterocycles. The first-order chi connectivity index (χ1) is 6.22. The molecular formula is C8H9F2NO2. The predicted octanol–water partition coefficient (Wildman–Crippen LogP) is 1.22. The predicted molar refractivity (Wildman–Crippen MR) is 41.7 cm³/mol. The topological polar surface area (TPSA) is 42.4 Å². The normalized spacial score (nSPS) is 10.5. The summed E-state index contributed by atoms with van der Waals surface area (Å²) in [4.78, 5) is 3.76. The maximum atomic E-state index is 11.7. The Hall–Kier alpha value is -1.23. The van der Waals surface area contributed by atoms with Gasteiger partial charge in [0.1, 0.15) is 0 Å². The summed E-state index contributed by atoms with van der Waals surface area (Å²) in [6, 6.07) is 4.62. The molecule has 1 aromatic heterocycles. The summed E-state index contributed by atoms with van der Waals surface area (Å²) >= 11 is 0. The second-order valence-electron chi connectivity index (χ2n) is 2.33. The molecule has 0 unspecified atom stereocenters. The van der Waals surface area contributed by atoms with Gasteiger partial charge in [0.15, 0.2) is 6.61 Å². The molecule has 13 heavy (non-hydrogen) atoms. The molecule has 0 fully saturated rings. The molecule has 1 N–H and O–H groups in total. The largest absolute Gasteiger partial charge is 0.472 e. The van der Waals surface area contributed by atoms with E-state index >= 15 is 0 Å². The van der Waals surface area contributed by atoms with Crippen molar-refractivity contribution in [2.45, 2.75) is 13.0 Å². The van der Waals surface area contributed by atoms with E-state index in [2.05, 4.69) is 9.72 Å². The van der Waals surface area contributed by atoms with Gasteiger partial charge in [-0.05, 0) is 6.07 Å². The van der Waals surface area contributed by atoms with Crippen molar-refractivity contribution >= 4 is 0 Å². The van der Waals surface area contributed by atoms with Crippen LogP contribution >= 0.6 is 0 Å². The minimum absolute atomic E-state index is 0.104. The van der Waals surface area contributed by atoms with Crippen LogP contribution in [0.2, 0.25) is 0 Å². The fourth-order valence-electron chi connectivity index (χ4n) is 0.774. The summed E-state index contributed by atoms with van der Waals surface area (Å²) in [5, 5.41) is 8.67. The number of aliphatic hydroxyl groups is 1. The van der Waals surface area contributed by atoms with Crippen LogP contribution in [0.3, 0.4) is 0 Å². The van der Waals surface area contributed by atoms with E-state index in [1.54, 1.807) is 12.1 Å². The van der Waals surface area contributed by atoms with Gasteiger partial charge in [0.25, 0.3) is 6.43 Å². The molecule has 72 valence electrons. The summed E-state index contributed by atoms with van der Waals surface area (Å²) in [7, 11) is 0. The number of pyridine rings is 1. The van der Waals surface area contributed by atoms with Gasteiger partial charge in [-0.2, -0.15) is 0 Å². The zero-order chi connectivity index (χ0) is 9.68. The number of nitrogens with zero attached hydrogens (tertiary/aromatic N) is 1. The Labute approximate surface area is 74.0 Å². The van der Waals surface area contributed by atoms with Crippen LogP contribution in [0.15, 0.2) is 18.2 Å². The van der Waals surface area contributed by atoms with Crippen LogP contribution < -0.4 is 4.74 Å². The van der Waals surface area contributed by atoms with Crippen molar-refractivity contribution in [1.29, 1.82) is 0 Å². The highest BCUT2D eigenvalue weighted by Gasteiger charge is 2.04. The van der Waals surface area contributed by atoms with Gasteiger partial charge >= 0.3 is 0 Å². The molecule has 1 aromatic rings. The van der Waals surface area contributed by atoms with Crippen LogP contribution in [-0.2, 0) is 6.61 Å². The lowest BCUT2D eigenvalue weighted by atomic mass is 10.4. The van der Waals surface area contributed by atoms with Crippen LogP contribution in [0.25, 0.3) is 0 Å². The highest BCUT2D eigenvalue weighted by molar-refractivity contribution is 5.15. The summed E-state index contributed by atoms with van der Waals surface area (Å²) < 4.78 is 28.0. The number of aromatic nitrogens is 1. The first-order valence-corrected chi connectivity index (χ1v) is 3.70. The number of hydrogen-bond acceptors (Lipinski definition) is 3. The molecule has 5 heteroatoms. The second kappa shape index (κ2) is 4.71. The lowest BCUT2D eigenvalue weighted by Crippen LogP contribution is -2.08. The average Bonchev–Trinajstić information content (AvgIpc) is 2.15. The van der Waals surface area contributed by atoms with Gasteiger partial charge in [0.2, 0.25) is 5.88 Å². The van der Waals surface area contributed by atoms with Gasteiger partial charge < -0.3 is 9.84 Å². The molecule has 0 amide bonds. The summed E-state index contributed by atoms with van der Waals surface area (Å²) in [5.41, 5.74) is 0.395. The maximum absolute atomic E-state index is 11.7. The maximum Gasteiger partial charge on any atom is 0.272 e. The fraction of sp³-hybridized carbons (Fsp3) is 0.375. The Balaban J connectivity index is 2.56. The summed E-state index contributed by atoms with van der Waals surface area (Å²) in [5.74, 6) is 0.104. The smallest absolute Gasteiger partial charge is 0.272 e. The van der Waals surface area contributed by atoms with Crippen molar-refractivity contribution in [2.75, 3.05) is 6.61 Å². The fourth-order valence-corrected chi connectivity index (χ4v) is 0.774. The minimum Gasteiger partial charge on any atom is -0.472 e. The van der Waals surface area contributed by atoms with Crippen molar-refractivity contribution < 1.29 is 18.6 Å². The molecule has 0 bridgehead atoms. The Morgan fingerprint density at radius 2 is 2.23 bits per heavy atom. The van der Waals surface area contributed by atoms with Gasteiger partial charge in [-0.15, -0.1) is 0 Å². The van der Waals surface area contributed by atoms with E-state index in [0.717, 1.165) is 0 Å². The molecule has 0 spiro atoms. The molecule has 0 saturated carbocycles. The first-order valence-electron chi connectivity index (χ1n) is 3.70. The number of rotatable bonds is 4. The molecule has 1 rings (SSSR count). The van der Waals surface area contributed by atoms with Crippen LogP contribution in [0.5, 0.6) is 5.88 Å². The SMILES string of the molecule is OCc1cccc(OCC(F)F)n1. The molecule has 0 atom stereocenters. The first kappa shape index (κ1) is 9.85. The zero-order valence-corrected chi connectivity index (χ0v) is 6.78. The van der Waals surface area contributed by atoms with Crippen LogP contribution in [0.1, 0.15) is 5.69 Å². The van der Waals surface area contributed by atoms with E-state index in [0.29, 0.717) is 5.69 Å². The Morgan fingerprint density at radius 3 is 2.85 bits per heavy atom. The molecule has 0 aliphatic carbocycles. The molecular weight excluding hydrogens is 180 g/mol. The highest BCUT2D eigenvalue weighted by atomic mass is 19.3. The standard InChI is InChI=1S/C8H9F2NO2/c9-7(10)5-13-8-3-1-2-6(4-12)11-8/h1-3,7,12H,4-5H2. The highest BCUT2D eigenvalue weighted by Crippen LogP contribution is 2.08. The zero-order valence-electron chi connectivity index (χ0n) is 6.78. The monoisotopic (exact) mass is 189 g/mol. The summed E-state index contributed by atoms with van der Waals surface area (Å²) in [6.07, 6.45) is -2.51. The quantitative estimate of drug-likeness (QED) is 0.774. The molecule has 0 radical (unpaired) electrons. The van der Waals surface area contributed by atoms with Crippen LogP contribution in [-0.4, -0.2) is 23.1 Å². The second-order valence-corrected chi connectivity index (χ2v) is 2.33. The number of hydrogen-bond donors (Lipinski definition) is 1. The van der Waals surface area contributed by atoms with Crippen molar-refractivity contribution in [3.05, 3.63) is 23.9 Å². The van der Waals surface area contributed by atoms with Gasteiger partial charge in [-0.1, -0.05) is 6.07 Å². The van der Waals surface area contributed by atoms with Gasteiger partial charge in [-0.3, -0.25) is 0 Å². The van der Waals surface area contributed by atoms with Crippen molar-refractivity contribution in [3.63, 3.8) is 0 Å². The van der Waals surface area contributed by atoms with E-state index < -0.39 is 13.0 Å². The van der Waals surface area contributed by atoms with E-state index in [1.807, 2.05) is 0 Å². The number of ether oxygens (including phenoxy) is 1. The molecule has 0 aliphatic rings. The van der Waals surface area contributed by atoms with Gasteiger partial charge in [0.05, 0.1) is 12.3 Å². The van der Waals surface area contributed by atoms with Crippen molar-refractivity contribution in [1.82, 2.24) is 4.98 Å². The Morgan fingerprint density at radius 1 is 1.46 bits per heavy atom. The van der Waals surface area contributed by atoms with Crippen molar-refractivity contribution in [3.8, 4) is 5.88 Å². The molecule has 0 saturated heterocycles. The number of aliphatic hydroxyl groups excluding tert-OH is 1. The van der Waals surface area contributed by atoms with Gasteiger partial charge in [-0.25, -0.2) is 13.8 Å². The molecule has 0 aliphatic heterocycles. The third-order valence-corrected chi connectivity index (χ3v) is 1.30. The van der Waals surface area contributed by atoms with E-state index in [1.165, 1.54) is 6.07 Å². The number of alkyl halides is 2. The lowest BCUT2D eigenvalue weighted by molar-refractivity contribution is 0.0793. The molecule has 0 aromatic carbocycles. The van der Waals surface area contributed by atoms with Crippen LogP contribution in [0.4, 0.5) is 8.78 Å².